The van der Waals surface area contributed by atoms with Crippen LogP contribution in [-0.2, 0) is 32.5 Å². The molecule has 0 amide bonds. The average molecular weight is 1070 g/mol. The third-order valence-electron chi connectivity index (χ3n) is 20.1. The maximum absolute atomic E-state index is 2.71. The predicted octanol–water partition coefficient (Wildman–Crippen LogP) is 19.3. The van der Waals surface area contributed by atoms with Gasteiger partial charge < -0.3 is 19.6 Å². The van der Waals surface area contributed by atoms with Crippen molar-refractivity contribution in [2.24, 2.45) is 0 Å². The Balaban J connectivity index is 1.15. The lowest BCUT2D eigenvalue weighted by Crippen LogP contribution is -2.61. The molecule has 9 aromatic rings. The number of hydrogen-bond acceptors (Lipinski definition) is 4. The first kappa shape index (κ1) is 52.3. The SMILES string of the molecule is Cc1cc2c(cc1N1c3cc(N(c4ccccc4)c4ccccc4)ccc3B3c4cc5c(cc4N(c4ccc6c(c4)C(C)(C)CC6(C)C)c4cc(N(c6ccccc6)c6ccccc6)cc1c43)C(C)(C)CC5(C)C)C(C)(C)CCC2(C)C. The quantitative estimate of drug-likeness (QED) is 0.141. The summed E-state index contributed by atoms with van der Waals surface area (Å²) in [6.45, 7) is 31.9. The number of hydrogen-bond donors (Lipinski definition) is 0. The summed E-state index contributed by atoms with van der Waals surface area (Å²) >= 11 is 0. The third-order valence-corrected chi connectivity index (χ3v) is 20.1. The number of nitrogens with zero attached hydrogens (tertiary/aromatic N) is 4. The largest absolute Gasteiger partial charge is 0.311 e. The van der Waals surface area contributed by atoms with E-state index >= 15 is 0 Å². The highest BCUT2D eigenvalue weighted by atomic mass is 15.2. The Labute approximate surface area is 489 Å². The van der Waals surface area contributed by atoms with Crippen LogP contribution in [0.25, 0.3) is 0 Å². The number of aryl methyl sites for hydroxylation is 1. The molecule has 0 saturated carbocycles. The van der Waals surface area contributed by atoms with E-state index in [0.29, 0.717) is 0 Å². The van der Waals surface area contributed by atoms with E-state index in [9.17, 15) is 0 Å². The van der Waals surface area contributed by atoms with E-state index in [1.807, 2.05) is 0 Å². The molecule has 0 unspecified atom stereocenters. The molecule has 3 aliphatic carbocycles. The Bertz CT molecular complexity index is 3940. The first-order valence-corrected chi connectivity index (χ1v) is 30.3. The number of fused-ring (bicyclic) bond motifs is 7. The normalized spacial score (nSPS) is 18.4. The van der Waals surface area contributed by atoms with Crippen LogP contribution in [-0.4, -0.2) is 6.71 Å². The van der Waals surface area contributed by atoms with Crippen LogP contribution in [0.4, 0.5) is 68.2 Å². The molecular weight excluding hydrogens is 992 g/mol. The molecule has 0 spiro atoms. The van der Waals surface area contributed by atoms with Gasteiger partial charge in [0, 0.05) is 62.6 Å². The van der Waals surface area contributed by atoms with Crippen molar-refractivity contribution in [3.63, 3.8) is 0 Å². The molecule has 14 rings (SSSR count). The van der Waals surface area contributed by atoms with Gasteiger partial charge in [-0.1, -0.05) is 180 Å². The van der Waals surface area contributed by atoms with Gasteiger partial charge in [-0.25, -0.2) is 0 Å². The first-order valence-electron chi connectivity index (χ1n) is 30.3. The molecule has 0 radical (unpaired) electrons. The van der Waals surface area contributed by atoms with Gasteiger partial charge in [-0.2, -0.15) is 0 Å². The van der Waals surface area contributed by atoms with Crippen LogP contribution in [0.2, 0.25) is 0 Å². The molecule has 0 N–H and O–H groups in total. The Morgan fingerprint density at radius 2 is 0.720 bits per heavy atom. The Kier molecular flexibility index (Phi) is 11.6. The van der Waals surface area contributed by atoms with Crippen molar-refractivity contribution >= 4 is 91.3 Å². The van der Waals surface area contributed by atoms with Gasteiger partial charge in [0.15, 0.2) is 0 Å². The smallest absolute Gasteiger partial charge is 0.252 e. The van der Waals surface area contributed by atoms with Crippen LogP contribution in [0.5, 0.6) is 0 Å². The summed E-state index contributed by atoms with van der Waals surface area (Å²) in [4.78, 5) is 10.4. The molecule has 5 aliphatic rings. The van der Waals surface area contributed by atoms with Crippen molar-refractivity contribution in [1.29, 1.82) is 0 Å². The standard InChI is InChI=1S/C77H79BN4/c1-50-40-59-62(73(4,5)39-38-72(59,2)3)46-66(50)82-67-42-56(79(51-26-18-14-19-27-51)52-28-20-15-21-29-52)35-37-64(67)78-65-45-61-63(77(12,13)49-76(61,10)11)47-68(65)81(55-34-36-58-60(41-55)75(8,9)48-74(58,6)7)69-43-57(44-70(82)71(69)78)80(53-30-22-16-23-31-53)54-32-24-17-25-33-54/h14-37,40-47H,38-39,48-49H2,1-13H3. The molecule has 5 heteroatoms. The summed E-state index contributed by atoms with van der Waals surface area (Å²) in [5.41, 5.74) is 28.2. The van der Waals surface area contributed by atoms with Crippen LogP contribution in [0.3, 0.4) is 0 Å². The van der Waals surface area contributed by atoms with Crippen molar-refractivity contribution in [3.05, 3.63) is 233 Å². The molecule has 0 atom stereocenters. The lowest BCUT2D eigenvalue weighted by molar-refractivity contribution is 0.332. The van der Waals surface area contributed by atoms with E-state index in [1.165, 1.54) is 89.5 Å². The van der Waals surface area contributed by atoms with Crippen molar-refractivity contribution in [2.75, 3.05) is 19.6 Å². The fourth-order valence-electron chi connectivity index (χ4n) is 16.5. The van der Waals surface area contributed by atoms with Crippen LogP contribution in [0, 0.1) is 6.92 Å². The van der Waals surface area contributed by atoms with E-state index in [-0.39, 0.29) is 39.2 Å². The zero-order valence-electron chi connectivity index (χ0n) is 50.7. The molecular formula is C77H79BN4. The summed E-state index contributed by atoms with van der Waals surface area (Å²) in [5.74, 6) is 0. The number of para-hydroxylation sites is 4. The minimum atomic E-state index is -0.0858. The second-order valence-electron chi connectivity index (χ2n) is 28.8. The predicted molar refractivity (Wildman–Crippen MR) is 351 cm³/mol. The fourth-order valence-corrected chi connectivity index (χ4v) is 16.5. The molecule has 0 bridgehead atoms. The van der Waals surface area contributed by atoms with Gasteiger partial charge in [0.1, 0.15) is 0 Å². The van der Waals surface area contributed by atoms with Crippen molar-refractivity contribution in [2.45, 2.75) is 148 Å². The highest BCUT2D eigenvalue weighted by Crippen LogP contribution is 2.57. The molecule has 82 heavy (non-hydrogen) atoms. The molecule has 410 valence electrons. The first-order chi connectivity index (χ1) is 39.0. The summed E-state index contributed by atoms with van der Waals surface area (Å²) in [6.07, 6.45) is 4.49. The third kappa shape index (κ3) is 8.06. The van der Waals surface area contributed by atoms with Crippen LogP contribution in [0.1, 0.15) is 148 Å². The van der Waals surface area contributed by atoms with Gasteiger partial charge >= 0.3 is 0 Å². The minimum Gasteiger partial charge on any atom is -0.311 e. The van der Waals surface area contributed by atoms with Gasteiger partial charge in [-0.05, 0) is 217 Å². The zero-order valence-corrected chi connectivity index (χ0v) is 50.7. The molecule has 4 nitrogen and oxygen atoms in total. The monoisotopic (exact) mass is 1070 g/mol. The fraction of sp³-hybridized carbons (Fsp3) is 0.299. The Morgan fingerprint density at radius 1 is 0.317 bits per heavy atom. The topological polar surface area (TPSA) is 13.0 Å². The molecule has 0 saturated heterocycles. The molecule has 2 heterocycles. The zero-order chi connectivity index (χ0) is 57.0. The van der Waals surface area contributed by atoms with Gasteiger partial charge in [0.05, 0.1) is 5.69 Å². The van der Waals surface area contributed by atoms with Crippen molar-refractivity contribution < 1.29 is 0 Å². The van der Waals surface area contributed by atoms with Gasteiger partial charge in [-0.15, -0.1) is 0 Å². The van der Waals surface area contributed by atoms with E-state index in [4.69, 9.17) is 0 Å². The van der Waals surface area contributed by atoms with E-state index in [1.54, 1.807) is 0 Å². The van der Waals surface area contributed by atoms with Crippen LogP contribution in [0.15, 0.2) is 194 Å². The molecule has 9 aromatic carbocycles. The van der Waals surface area contributed by atoms with Gasteiger partial charge in [0.2, 0.25) is 0 Å². The molecule has 2 aliphatic heterocycles. The second kappa shape index (κ2) is 18.1. The minimum absolute atomic E-state index is 0.00574. The van der Waals surface area contributed by atoms with E-state index in [0.717, 1.165) is 59.8 Å². The van der Waals surface area contributed by atoms with Crippen molar-refractivity contribution in [3.8, 4) is 0 Å². The number of rotatable bonds is 8. The van der Waals surface area contributed by atoms with Crippen LogP contribution < -0.4 is 36.0 Å². The summed E-state index contributed by atoms with van der Waals surface area (Å²) in [6, 6.07) is 74.5. The average Bonchev–Trinajstić information content (AvgIpc) is 1.87. The van der Waals surface area contributed by atoms with Crippen LogP contribution >= 0.6 is 0 Å². The number of anilines is 12. The molecule has 0 aromatic heterocycles. The Hall–Kier alpha value is -7.76. The maximum atomic E-state index is 2.71. The highest BCUT2D eigenvalue weighted by molar-refractivity contribution is 7.00. The number of benzene rings is 9. The second-order valence-corrected chi connectivity index (χ2v) is 28.8. The summed E-state index contributed by atoms with van der Waals surface area (Å²) in [7, 11) is 0. The molecule has 0 fully saturated rings. The summed E-state index contributed by atoms with van der Waals surface area (Å²) < 4.78 is 0. The summed E-state index contributed by atoms with van der Waals surface area (Å²) in [5, 5.41) is 0. The lowest BCUT2D eigenvalue weighted by atomic mass is 9.33. The van der Waals surface area contributed by atoms with Crippen molar-refractivity contribution in [1.82, 2.24) is 0 Å². The Morgan fingerprint density at radius 3 is 1.24 bits per heavy atom. The van der Waals surface area contributed by atoms with Gasteiger partial charge in [-0.3, -0.25) is 0 Å². The van der Waals surface area contributed by atoms with E-state index in [2.05, 4.69) is 304 Å². The lowest BCUT2D eigenvalue weighted by Gasteiger charge is -2.47. The van der Waals surface area contributed by atoms with Gasteiger partial charge in [0.25, 0.3) is 6.71 Å². The maximum Gasteiger partial charge on any atom is 0.252 e. The van der Waals surface area contributed by atoms with E-state index < -0.39 is 0 Å². The highest BCUT2D eigenvalue weighted by Gasteiger charge is 2.50.